The van der Waals surface area contributed by atoms with Crippen LogP contribution in [0.4, 0.5) is 10.2 Å². The Balaban J connectivity index is 2.39. The lowest BCUT2D eigenvalue weighted by Gasteiger charge is -2.18. The van der Waals surface area contributed by atoms with Crippen LogP contribution in [0.2, 0.25) is 5.02 Å². The highest BCUT2D eigenvalue weighted by molar-refractivity contribution is 6.32. The molecule has 2 aromatic rings. The number of rotatable bonds is 3. The maximum absolute atomic E-state index is 13.0. The second kappa shape index (κ2) is 5.83. The Morgan fingerprint density at radius 1 is 1.24 bits per heavy atom. The quantitative estimate of drug-likeness (QED) is 0.669. The third-order valence-electron chi connectivity index (χ3n) is 2.63. The molecule has 0 aliphatic carbocycles. The molecule has 0 aliphatic rings. The van der Waals surface area contributed by atoms with Crippen LogP contribution in [0.15, 0.2) is 24.3 Å². The second-order valence-electron chi connectivity index (χ2n) is 5.49. The minimum Gasteiger partial charge on any atom is -0.437 e. The first-order chi connectivity index (χ1) is 9.79. The fraction of sp³-hybridized carbons (Fsp3) is 0.286. The van der Waals surface area contributed by atoms with Gasteiger partial charge in [-0.1, -0.05) is 32.4 Å². The van der Waals surface area contributed by atoms with Gasteiger partial charge in [-0.2, -0.15) is 4.98 Å². The lowest BCUT2D eigenvalue weighted by Crippen LogP contribution is -2.19. The van der Waals surface area contributed by atoms with Crippen LogP contribution >= 0.6 is 11.6 Å². The summed E-state index contributed by atoms with van der Waals surface area (Å²) in [4.78, 5) is 8.61. The average molecular weight is 311 g/mol. The zero-order valence-corrected chi connectivity index (χ0v) is 12.7. The fourth-order valence-corrected chi connectivity index (χ4v) is 1.76. The minimum absolute atomic E-state index is 0.160. The fourth-order valence-electron chi connectivity index (χ4n) is 1.56. The molecule has 112 valence electrons. The Labute approximate surface area is 127 Å². The number of anilines is 1. The number of nitrogen functional groups attached to an aromatic ring is 1. The molecule has 0 amide bonds. The molecule has 21 heavy (non-hydrogen) atoms. The van der Waals surface area contributed by atoms with Gasteiger partial charge in [0.1, 0.15) is 23.2 Å². The predicted molar refractivity (Wildman–Crippen MR) is 80.0 cm³/mol. The summed E-state index contributed by atoms with van der Waals surface area (Å²) in [6, 6.07) is 5.40. The normalized spacial score (nSPS) is 11.3. The first-order valence-electron chi connectivity index (χ1n) is 6.28. The zero-order chi connectivity index (χ0) is 15.6. The van der Waals surface area contributed by atoms with Crippen LogP contribution in [0, 0.1) is 5.82 Å². The first-order valence-corrected chi connectivity index (χ1v) is 6.66. The number of nitrogens with one attached hydrogen (secondary N) is 1. The van der Waals surface area contributed by atoms with Crippen molar-refractivity contribution < 1.29 is 9.13 Å². The number of halogens is 2. The van der Waals surface area contributed by atoms with E-state index in [2.05, 4.69) is 15.4 Å². The number of nitrogens with zero attached hydrogens (tertiary/aromatic N) is 2. The van der Waals surface area contributed by atoms with Crippen molar-refractivity contribution in [2.45, 2.75) is 26.2 Å². The Bertz CT molecular complexity index is 658. The summed E-state index contributed by atoms with van der Waals surface area (Å²) in [7, 11) is 0. The molecule has 1 aromatic carbocycles. The Morgan fingerprint density at radius 3 is 2.52 bits per heavy atom. The van der Waals surface area contributed by atoms with Crippen LogP contribution in [-0.2, 0) is 5.41 Å². The van der Waals surface area contributed by atoms with Crippen molar-refractivity contribution in [2.24, 2.45) is 5.84 Å². The molecular weight excluding hydrogens is 295 g/mol. The van der Waals surface area contributed by atoms with Gasteiger partial charge in [0, 0.05) is 11.5 Å². The van der Waals surface area contributed by atoms with Crippen molar-refractivity contribution in [3.05, 3.63) is 40.9 Å². The predicted octanol–water partition coefficient (Wildman–Crippen LogP) is 3.64. The van der Waals surface area contributed by atoms with Crippen LogP contribution in [0.25, 0.3) is 0 Å². The van der Waals surface area contributed by atoms with Crippen LogP contribution in [0.5, 0.6) is 11.6 Å². The molecule has 0 fully saturated rings. The third kappa shape index (κ3) is 3.80. The molecule has 5 nitrogen and oxygen atoms in total. The lowest BCUT2D eigenvalue weighted by atomic mass is 9.96. The van der Waals surface area contributed by atoms with Crippen molar-refractivity contribution >= 4 is 17.4 Å². The molecule has 0 bridgehead atoms. The van der Waals surface area contributed by atoms with E-state index in [1.54, 1.807) is 0 Å². The van der Waals surface area contributed by atoms with Crippen LogP contribution in [0.1, 0.15) is 26.6 Å². The number of benzene rings is 1. The molecule has 0 spiro atoms. The SMILES string of the molecule is CC(C)(C)c1nc(NN)cc(Oc2ccc(F)cc2Cl)n1. The van der Waals surface area contributed by atoms with Crippen LogP contribution in [-0.4, -0.2) is 9.97 Å². The molecule has 1 heterocycles. The highest BCUT2D eigenvalue weighted by Gasteiger charge is 2.20. The van der Waals surface area contributed by atoms with E-state index in [0.717, 1.165) is 0 Å². The van der Waals surface area contributed by atoms with E-state index in [0.29, 0.717) is 17.4 Å². The Hall–Kier alpha value is -1.92. The van der Waals surface area contributed by atoms with Gasteiger partial charge in [0.25, 0.3) is 0 Å². The summed E-state index contributed by atoms with van der Waals surface area (Å²) in [5.74, 6) is 6.53. The van der Waals surface area contributed by atoms with E-state index < -0.39 is 5.82 Å². The van der Waals surface area contributed by atoms with Crippen molar-refractivity contribution in [2.75, 3.05) is 5.43 Å². The molecule has 0 atom stereocenters. The molecule has 0 saturated heterocycles. The minimum atomic E-state index is -0.435. The molecule has 7 heteroatoms. The van der Waals surface area contributed by atoms with Gasteiger partial charge in [0.2, 0.25) is 5.88 Å². The summed E-state index contributed by atoms with van der Waals surface area (Å²) in [6.45, 7) is 5.91. The molecule has 0 aliphatic heterocycles. The summed E-state index contributed by atoms with van der Waals surface area (Å²) >= 11 is 5.93. The number of aromatic nitrogens is 2. The molecular formula is C14H16ClFN4O. The van der Waals surface area contributed by atoms with Crippen LogP contribution in [0.3, 0.4) is 0 Å². The van der Waals surface area contributed by atoms with Crippen LogP contribution < -0.4 is 16.0 Å². The van der Waals surface area contributed by atoms with Crippen molar-refractivity contribution in [3.8, 4) is 11.6 Å². The maximum atomic E-state index is 13.0. The zero-order valence-electron chi connectivity index (χ0n) is 11.9. The topological polar surface area (TPSA) is 73.1 Å². The molecule has 3 N–H and O–H groups in total. The second-order valence-corrected chi connectivity index (χ2v) is 5.89. The summed E-state index contributed by atoms with van der Waals surface area (Å²) in [5.41, 5.74) is 2.19. The van der Waals surface area contributed by atoms with E-state index in [1.807, 2.05) is 20.8 Å². The van der Waals surface area contributed by atoms with Gasteiger partial charge in [-0.3, -0.25) is 0 Å². The lowest BCUT2D eigenvalue weighted by molar-refractivity contribution is 0.445. The van der Waals surface area contributed by atoms with E-state index >= 15 is 0 Å². The third-order valence-corrected chi connectivity index (χ3v) is 2.93. The van der Waals surface area contributed by atoms with E-state index in [4.69, 9.17) is 22.2 Å². The number of hydrogen-bond donors (Lipinski definition) is 2. The molecule has 0 unspecified atom stereocenters. The van der Waals surface area contributed by atoms with Gasteiger partial charge in [0.05, 0.1) is 5.02 Å². The first kappa shape index (κ1) is 15.5. The monoisotopic (exact) mass is 310 g/mol. The standard InChI is InChI=1S/C14H16ClFN4O/c1-14(2,3)13-18-11(20-17)7-12(19-13)21-10-5-4-8(16)6-9(10)15/h4-7H,17H2,1-3H3,(H,18,19,20). The van der Waals surface area contributed by atoms with Gasteiger partial charge >= 0.3 is 0 Å². The van der Waals surface area contributed by atoms with Crippen molar-refractivity contribution in [1.82, 2.24) is 9.97 Å². The summed E-state index contributed by atoms with van der Waals surface area (Å²) in [6.07, 6.45) is 0. The highest BCUT2D eigenvalue weighted by atomic mass is 35.5. The average Bonchev–Trinajstić information content (AvgIpc) is 2.40. The number of hydrazine groups is 1. The Kier molecular flexibility index (Phi) is 4.29. The van der Waals surface area contributed by atoms with Gasteiger partial charge in [-0.05, 0) is 18.2 Å². The molecule has 2 rings (SSSR count). The van der Waals surface area contributed by atoms with Gasteiger partial charge in [0.15, 0.2) is 0 Å². The van der Waals surface area contributed by atoms with E-state index in [1.165, 1.54) is 24.3 Å². The van der Waals surface area contributed by atoms with E-state index in [9.17, 15) is 4.39 Å². The molecule has 0 radical (unpaired) electrons. The molecule has 1 aromatic heterocycles. The van der Waals surface area contributed by atoms with Gasteiger partial charge in [-0.25, -0.2) is 15.2 Å². The van der Waals surface area contributed by atoms with Gasteiger partial charge in [-0.15, -0.1) is 0 Å². The number of hydrogen-bond acceptors (Lipinski definition) is 5. The largest absolute Gasteiger partial charge is 0.437 e. The van der Waals surface area contributed by atoms with Crippen molar-refractivity contribution in [1.29, 1.82) is 0 Å². The van der Waals surface area contributed by atoms with E-state index in [-0.39, 0.29) is 16.3 Å². The Morgan fingerprint density at radius 2 is 1.95 bits per heavy atom. The summed E-state index contributed by atoms with van der Waals surface area (Å²) < 4.78 is 18.6. The highest BCUT2D eigenvalue weighted by Crippen LogP contribution is 2.31. The number of ether oxygens (including phenoxy) is 1. The number of nitrogens with two attached hydrogens (primary N) is 1. The summed E-state index contributed by atoms with van der Waals surface area (Å²) in [5, 5.41) is 0.160. The van der Waals surface area contributed by atoms with Gasteiger partial charge < -0.3 is 10.2 Å². The smallest absolute Gasteiger partial charge is 0.224 e. The molecule has 0 saturated carbocycles. The van der Waals surface area contributed by atoms with Crippen molar-refractivity contribution in [3.63, 3.8) is 0 Å². The maximum Gasteiger partial charge on any atom is 0.224 e.